The zero-order valence-electron chi connectivity index (χ0n) is 17.3. The third-order valence-electron chi connectivity index (χ3n) is 5.38. The Hall–Kier alpha value is -3.46. The quantitative estimate of drug-likeness (QED) is 0.514. The number of hydrogen-bond acceptors (Lipinski definition) is 6. The van der Waals surface area contributed by atoms with Gasteiger partial charge in [0.15, 0.2) is 0 Å². The number of fused-ring (bicyclic) bond motifs is 1. The number of hydrogen-bond donors (Lipinski definition) is 2. The SMILES string of the molecule is CCSc1ccc(C(=O)NCc2ccc3c(c2)C(=O)N(C2CCC(=O)NC2=O)C3=O)cc1. The van der Waals surface area contributed by atoms with Gasteiger partial charge in [-0.3, -0.25) is 34.2 Å². The number of carbonyl (C=O) groups excluding carboxylic acids is 5. The van der Waals surface area contributed by atoms with Crippen molar-refractivity contribution < 1.29 is 24.0 Å². The Morgan fingerprint density at radius 3 is 2.47 bits per heavy atom. The van der Waals surface area contributed by atoms with Crippen LogP contribution in [0.1, 0.15) is 56.4 Å². The second-order valence-corrected chi connectivity index (χ2v) is 8.80. The second kappa shape index (κ2) is 8.96. The highest BCUT2D eigenvalue weighted by atomic mass is 32.2. The van der Waals surface area contributed by atoms with Gasteiger partial charge in [0, 0.05) is 23.4 Å². The Morgan fingerprint density at radius 1 is 1.06 bits per heavy atom. The fourth-order valence-electron chi connectivity index (χ4n) is 3.78. The van der Waals surface area contributed by atoms with Crippen LogP contribution in [0.3, 0.4) is 0 Å². The molecule has 0 saturated carbocycles. The lowest BCUT2D eigenvalue weighted by atomic mass is 10.0. The van der Waals surface area contributed by atoms with Crippen molar-refractivity contribution in [1.29, 1.82) is 0 Å². The molecule has 2 aromatic carbocycles. The number of rotatable bonds is 6. The van der Waals surface area contributed by atoms with E-state index in [-0.39, 0.29) is 36.4 Å². The molecule has 9 heteroatoms. The van der Waals surface area contributed by atoms with Crippen molar-refractivity contribution in [2.24, 2.45) is 0 Å². The number of piperidine rings is 1. The standard InChI is InChI=1S/C23H21N3O5S/c1-2-32-15-6-4-14(5-7-15)20(28)24-12-13-3-8-16-17(11-13)23(31)26(22(16)30)18-9-10-19(27)25-21(18)29/h3-8,11,18H,2,9-10,12H2,1H3,(H,24,28)(H,25,27,29). The molecule has 1 unspecified atom stereocenters. The maximum Gasteiger partial charge on any atom is 0.262 e. The first-order chi connectivity index (χ1) is 15.4. The molecule has 1 fully saturated rings. The fraction of sp³-hybridized carbons (Fsp3) is 0.261. The fourth-order valence-corrected chi connectivity index (χ4v) is 4.44. The first kappa shape index (κ1) is 21.8. The molecule has 0 radical (unpaired) electrons. The zero-order chi connectivity index (χ0) is 22.8. The molecule has 0 aliphatic carbocycles. The Labute approximate surface area is 188 Å². The van der Waals surface area contributed by atoms with Gasteiger partial charge in [-0.05, 0) is 54.1 Å². The van der Waals surface area contributed by atoms with Crippen molar-refractivity contribution in [2.45, 2.75) is 37.2 Å². The van der Waals surface area contributed by atoms with Gasteiger partial charge < -0.3 is 5.32 Å². The van der Waals surface area contributed by atoms with Crippen molar-refractivity contribution in [3.8, 4) is 0 Å². The van der Waals surface area contributed by atoms with E-state index in [0.29, 0.717) is 11.1 Å². The smallest absolute Gasteiger partial charge is 0.262 e. The summed E-state index contributed by atoms with van der Waals surface area (Å²) in [5, 5.41) is 4.98. The summed E-state index contributed by atoms with van der Waals surface area (Å²) in [6.07, 6.45) is 0.174. The molecule has 2 heterocycles. The van der Waals surface area contributed by atoms with Crippen LogP contribution in [0, 0.1) is 0 Å². The summed E-state index contributed by atoms with van der Waals surface area (Å²) in [6, 6.07) is 11.1. The molecule has 8 nitrogen and oxygen atoms in total. The van der Waals surface area contributed by atoms with E-state index in [1.807, 2.05) is 12.1 Å². The molecule has 0 bridgehead atoms. The first-order valence-electron chi connectivity index (χ1n) is 10.2. The van der Waals surface area contributed by atoms with Crippen LogP contribution in [-0.2, 0) is 16.1 Å². The van der Waals surface area contributed by atoms with Crippen molar-refractivity contribution in [1.82, 2.24) is 15.5 Å². The summed E-state index contributed by atoms with van der Waals surface area (Å²) in [6.45, 7) is 2.24. The zero-order valence-corrected chi connectivity index (χ0v) is 18.2. The summed E-state index contributed by atoms with van der Waals surface area (Å²) >= 11 is 1.69. The highest BCUT2D eigenvalue weighted by Gasteiger charge is 2.44. The van der Waals surface area contributed by atoms with Crippen molar-refractivity contribution >= 4 is 41.3 Å². The molecular weight excluding hydrogens is 430 g/mol. The predicted octanol–water partition coefficient (Wildman–Crippen LogP) is 2.13. The molecule has 0 spiro atoms. The minimum absolute atomic E-state index is 0.0687. The summed E-state index contributed by atoms with van der Waals surface area (Å²) in [5.41, 5.74) is 1.58. The molecule has 0 aromatic heterocycles. The first-order valence-corrected chi connectivity index (χ1v) is 11.2. The highest BCUT2D eigenvalue weighted by molar-refractivity contribution is 7.99. The van der Waals surface area contributed by atoms with Crippen molar-refractivity contribution in [2.75, 3.05) is 5.75 Å². The van der Waals surface area contributed by atoms with Crippen LogP contribution < -0.4 is 10.6 Å². The third kappa shape index (κ3) is 4.16. The van der Waals surface area contributed by atoms with Gasteiger partial charge in [0.2, 0.25) is 11.8 Å². The predicted molar refractivity (Wildman–Crippen MR) is 117 cm³/mol. The van der Waals surface area contributed by atoms with Gasteiger partial charge >= 0.3 is 0 Å². The maximum atomic E-state index is 12.9. The number of thioether (sulfide) groups is 1. The number of nitrogens with one attached hydrogen (secondary N) is 2. The van der Waals surface area contributed by atoms with Crippen LogP contribution in [0.15, 0.2) is 47.4 Å². The molecule has 5 amide bonds. The summed E-state index contributed by atoms with van der Waals surface area (Å²) in [7, 11) is 0. The molecule has 2 aliphatic heterocycles. The maximum absolute atomic E-state index is 12.9. The van der Waals surface area contributed by atoms with Gasteiger partial charge in [-0.1, -0.05) is 13.0 Å². The number of benzene rings is 2. The van der Waals surface area contributed by atoms with E-state index in [1.54, 1.807) is 36.0 Å². The van der Waals surface area contributed by atoms with E-state index < -0.39 is 29.7 Å². The average Bonchev–Trinajstić information content (AvgIpc) is 3.03. The molecule has 4 rings (SSSR count). The lowest BCUT2D eigenvalue weighted by Gasteiger charge is -2.27. The van der Waals surface area contributed by atoms with Gasteiger partial charge in [0.05, 0.1) is 11.1 Å². The second-order valence-electron chi connectivity index (χ2n) is 7.47. The van der Waals surface area contributed by atoms with Gasteiger partial charge in [0.1, 0.15) is 6.04 Å². The summed E-state index contributed by atoms with van der Waals surface area (Å²) < 4.78 is 0. The topological polar surface area (TPSA) is 113 Å². The summed E-state index contributed by atoms with van der Waals surface area (Å²) in [5.74, 6) is -1.49. The van der Waals surface area contributed by atoms with E-state index in [1.165, 1.54) is 6.07 Å². The number of carbonyl (C=O) groups is 5. The molecule has 2 aromatic rings. The molecule has 2 N–H and O–H groups in total. The lowest BCUT2D eigenvalue weighted by Crippen LogP contribution is -2.54. The third-order valence-corrected chi connectivity index (χ3v) is 6.28. The van der Waals surface area contributed by atoms with E-state index in [4.69, 9.17) is 0 Å². The Morgan fingerprint density at radius 2 is 1.78 bits per heavy atom. The Kier molecular flexibility index (Phi) is 6.09. The van der Waals surface area contributed by atoms with E-state index in [0.717, 1.165) is 15.5 Å². The molecular formula is C23H21N3O5S. The molecule has 1 atom stereocenters. The van der Waals surface area contributed by atoms with E-state index >= 15 is 0 Å². The number of amides is 5. The van der Waals surface area contributed by atoms with Crippen LogP contribution in [0.2, 0.25) is 0 Å². The van der Waals surface area contributed by atoms with Gasteiger partial charge in [-0.2, -0.15) is 0 Å². The number of imide groups is 2. The lowest BCUT2D eigenvalue weighted by molar-refractivity contribution is -0.136. The van der Waals surface area contributed by atoms with Gasteiger partial charge in [0.25, 0.3) is 17.7 Å². The van der Waals surface area contributed by atoms with E-state index in [9.17, 15) is 24.0 Å². The van der Waals surface area contributed by atoms with E-state index in [2.05, 4.69) is 17.6 Å². The summed E-state index contributed by atoms with van der Waals surface area (Å²) in [4.78, 5) is 63.6. The number of nitrogens with zero attached hydrogens (tertiary/aromatic N) is 1. The Balaban J connectivity index is 1.45. The van der Waals surface area contributed by atoms with Crippen molar-refractivity contribution in [3.63, 3.8) is 0 Å². The van der Waals surface area contributed by atoms with Crippen molar-refractivity contribution in [3.05, 3.63) is 64.7 Å². The molecule has 1 saturated heterocycles. The normalized spacial score (nSPS) is 17.9. The Bertz CT molecular complexity index is 1130. The molecule has 2 aliphatic rings. The van der Waals surface area contributed by atoms with Crippen LogP contribution in [-0.4, -0.2) is 46.2 Å². The van der Waals surface area contributed by atoms with Crippen LogP contribution in [0.25, 0.3) is 0 Å². The molecule has 32 heavy (non-hydrogen) atoms. The largest absolute Gasteiger partial charge is 0.348 e. The molecule has 164 valence electrons. The van der Waals surface area contributed by atoms with Crippen LogP contribution >= 0.6 is 11.8 Å². The van der Waals surface area contributed by atoms with Crippen LogP contribution in [0.5, 0.6) is 0 Å². The van der Waals surface area contributed by atoms with Gasteiger partial charge in [-0.25, -0.2) is 0 Å². The minimum atomic E-state index is -1.00. The van der Waals surface area contributed by atoms with Crippen LogP contribution in [0.4, 0.5) is 0 Å². The average molecular weight is 452 g/mol. The van der Waals surface area contributed by atoms with Gasteiger partial charge in [-0.15, -0.1) is 11.8 Å². The highest BCUT2D eigenvalue weighted by Crippen LogP contribution is 2.28. The monoisotopic (exact) mass is 451 g/mol. The minimum Gasteiger partial charge on any atom is -0.348 e.